The molecule has 4 rings (SSSR count). The van der Waals surface area contributed by atoms with Gasteiger partial charge in [-0.3, -0.25) is 0 Å². The third-order valence-corrected chi connectivity index (χ3v) is 7.70. The Hall–Kier alpha value is -2.44. The topological polar surface area (TPSA) is 63.4 Å². The molecule has 0 radical (unpaired) electrons. The van der Waals surface area contributed by atoms with Crippen molar-refractivity contribution in [1.29, 1.82) is 0 Å². The van der Waals surface area contributed by atoms with Crippen molar-refractivity contribution in [3.63, 3.8) is 0 Å². The summed E-state index contributed by atoms with van der Waals surface area (Å²) in [6, 6.07) is 17.7. The smallest absolute Gasteiger partial charge is 0.243 e. The third-order valence-electron chi connectivity index (χ3n) is 5.66. The van der Waals surface area contributed by atoms with E-state index >= 15 is 0 Å². The lowest BCUT2D eigenvalue weighted by molar-refractivity contribution is 0.273. The van der Waals surface area contributed by atoms with Gasteiger partial charge in [-0.1, -0.05) is 47.6 Å². The molecular formula is C23H26N2O3S. The standard InChI is InChI=1S/C23H26N2O3S/c1-17-8-9-21(22-14-18(2)24-28-22)16-23(17)29(26,27)25-12-10-20(11-13-25)15-19-6-4-3-5-7-19/h3-9,14,16,20H,10-13,15H2,1-2H3. The molecule has 0 spiro atoms. The summed E-state index contributed by atoms with van der Waals surface area (Å²) in [5, 5.41) is 3.90. The maximum Gasteiger partial charge on any atom is 0.243 e. The van der Waals surface area contributed by atoms with Crippen LogP contribution in [0.1, 0.15) is 29.7 Å². The van der Waals surface area contributed by atoms with Crippen molar-refractivity contribution in [2.45, 2.75) is 38.0 Å². The molecule has 0 bridgehead atoms. The van der Waals surface area contributed by atoms with Gasteiger partial charge in [0.05, 0.1) is 10.6 Å². The van der Waals surface area contributed by atoms with Crippen molar-refractivity contribution in [2.75, 3.05) is 13.1 Å². The average molecular weight is 411 g/mol. The van der Waals surface area contributed by atoms with Gasteiger partial charge in [0.15, 0.2) is 5.76 Å². The molecule has 3 aromatic rings. The minimum atomic E-state index is -3.54. The zero-order valence-electron chi connectivity index (χ0n) is 16.8. The number of sulfonamides is 1. The van der Waals surface area contributed by atoms with Crippen LogP contribution in [0.3, 0.4) is 0 Å². The van der Waals surface area contributed by atoms with E-state index in [4.69, 9.17) is 4.52 Å². The molecule has 2 aromatic carbocycles. The predicted molar refractivity (Wildman–Crippen MR) is 113 cm³/mol. The normalized spacial score (nSPS) is 16.2. The maximum atomic E-state index is 13.3. The fourth-order valence-electron chi connectivity index (χ4n) is 3.97. The van der Waals surface area contributed by atoms with Gasteiger partial charge in [-0.05, 0) is 56.2 Å². The Balaban J connectivity index is 1.50. The lowest BCUT2D eigenvalue weighted by Crippen LogP contribution is -2.39. The Labute approximate surface area is 172 Å². The number of hydrogen-bond donors (Lipinski definition) is 0. The number of aryl methyl sites for hydroxylation is 2. The van der Waals surface area contributed by atoms with Gasteiger partial charge in [0.25, 0.3) is 0 Å². The Kier molecular flexibility index (Phi) is 5.56. The first-order valence-corrected chi connectivity index (χ1v) is 11.5. The highest BCUT2D eigenvalue weighted by atomic mass is 32.2. The number of piperidine rings is 1. The van der Waals surface area contributed by atoms with Crippen LogP contribution in [0.4, 0.5) is 0 Å². The second-order valence-electron chi connectivity index (χ2n) is 7.85. The van der Waals surface area contributed by atoms with Crippen LogP contribution < -0.4 is 0 Å². The van der Waals surface area contributed by atoms with Gasteiger partial charge in [0.1, 0.15) is 0 Å². The van der Waals surface area contributed by atoms with Crippen LogP contribution in [0.5, 0.6) is 0 Å². The van der Waals surface area contributed by atoms with E-state index in [-0.39, 0.29) is 0 Å². The predicted octanol–water partition coefficient (Wildman–Crippen LogP) is 4.60. The van der Waals surface area contributed by atoms with Gasteiger partial charge in [0, 0.05) is 24.7 Å². The molecule has 1 aromatic heterocycles. The van der Waals surface area contributed by atoms with Gasteiger partial charge >= 0.3 is 0 Å². The first-order chi connectivity index (χ1) is 13.9. The Morgan fingerprint density at radius 3 is 2.41 bits per heavy atom. The van der Waals surface area contributed by atoms with Gasteiger partial charge in [0.2, 0.25) is 10.0 Å². The van der Waals surface area contributed by atoms with Crippen molar-refractivity contribution >= 4 is 10.0 Å². The first kappa shape index (κ1) is 19.9. The molecule has 0 aliphatic carbocycles. The molecule has 1 aliphatic rings. The molecule has 29 heavy (non-hydrogen) atoms. The second kappa shape index (κ2) is 8.13. The lowest BCUT2D eigenvalue weighted by Gasteiger charge is -2.31. The summed E-state index contributed by atoms with van der Waals surface area (Å²) in [6.07, 6.45) is 2.77. The fourth-order valence-corrected chi connectivity index (χ4v) is 5.69. The molecule has 152 valence electrons. The zero-order chi connectivity index (χ0) is 20.4. The van der Waals surface area contributed by atoms with Crippen molar-refractivity contribution < 1.29 is 12.9 Å². The molecule has 1 fully saturated rings. The van der Waals surface area contributed by atoms with E-state index in [0.717, 1.165) is 36.1 Å². The van der Waals surface area contributed by atoms with Gasteiger partial charge in [-0.2, -0.15) is 4.31 Å². The van der Waals surface area contributed by atoms with Crippen molar-refractivity contribution in [1.82, 2.24) is 9.46 Å². The van der Waals surface area contributed by atoms with E-state index in [9.17, 15) is 8.42 Å². The Morgan fingerprint density at radius 2 is 1.76 bits per heavy atom. The number of aromatic nitrogens is 1. The molecular weight excluding hydrogens is 384 g/mol. The summed E-state index contributed by atoms with van der Waals surface area (Å²) in [5.74, 6) is 1.11. The average Bonchev–Trinajstić information content (AvgIpc) is 3.16. The SMILES string of the molecule is Cc1cc(-c2ccc(C)c(S(=O)(=O)N3CCC(Cc4ccccc4)CC3)c2)on1. The van der Waals surface area contributed by atoms with Crippen LogP contribution in [-0.4, -0.2) is 31.0 Å². The minimum Gasteiger partial charge on any atom is -0.356 e. The van der Waals surface area contributed by atoms with E-state index in [1.807, 2.05) is 38.1 Å². The van der Waals surface area contributed by atoms with Crippen LogP contribution in [-0.2, 0) is 16.4 Å². The number of rotatable bonds is 5. The van der Waals surface area contributed by atoms with Crippen LogP contribution in [0.15, 0.2) is 64.0 Å². The second-order valence-corrected chi connectivity index (χ2v) is 9.76. The fraction of sp³-hybridized carbons (Fsp3) is 0.348. The van der Waals surface area contributed by atoms with Crippen LogP contribution in [0.25, 0.3) is 11.3 Å². The molecule has 5 nitrogen and oxygen atoms in total. The number of benzene rings is 2. The zero-order valence-corrected chi connectivity index (χ0v) is 17.7. The highest BCUT2D eigenvalue weighted by Gasteiger charge is 2.30. The van der Waals surface area contributed by atoms with Gasteiger partial charge in [-0.25, -0.2) is 8.42 Å². The molecule has 6 heteroatoms. The largest absolute Gasteiger partial charge is 0.356 e. The van der Waals surface area contributed by atoms with E-state index in [1.54, 1.807) is 10.4 Å². The molecule has 0 amide bonds. The van der Waals surface area contributed by atoms with Crippen LogP contribution in [0, 0.1) is 19.8 Å². The summed E-state index contributed by atoms with van der Waals surface area (Å²) in [5.41, 5.74) is 3.57. The molecule has 2 heterocycles. The summed E-state index contributed by atoms with van der Waals surface area (Å²) in [6.45, 7) is 4.80. The first-order valence-electron chi connectivity index (χ1n) is 10.0. The third kappa shape index (κ3) is 4.28. The van der Waals surface area contributed by atoms with E-state index in [2.05, 4.69) is 29.4 Å². The van der Waals surface area contributed by atoms with E-state index in [0.29, 0.717) is 29.7 Å². The summed E-state index contributed by atoms with van der Waals surface area (Å²) in [7, 11) is -3.54. The van der Waals surface area contributed by atoms with E-state index in [1.165, 1.54) is 5.56 Å². The van der Waals surface area contributed by atoms with Crippen LogP contribution in [0.2, 0.25) is 0 Å². The van der Waals surface area contributed by atoms with Gasteiger partial charge < -0.3 is 4.52 Å². The molecule has 1 saturated heterocycles. The molecule has 1 aliphatic heterocycles. The van der Waals surface area contributed by atoms with Gasteiger partial charge in [-0.15, -0.1) is 0 Å². The molecule has 0 N–H and O–H groups in total. The minimum absolute atomic E-state index is 0.352. The molecule has 0 saturated carbocycles. The van der Waals surface area contributed by atoms with Crippen molar-refractivity contribution in [3.8, 4) is 11.3 Å². The highest BCUT2D eigenvalue weighted by molar-refractivity contribution is 7.89. The Bertz CT molecular complexity index is 1080. The summed E-state index contributed by atoms with van der Waals surface area (Å²) < 4.78 is 33.6. The molecule has 0 atom stereocenters. The quantitative estimate of drug-likeness (QED) is 0.617. The Morgan fingerprint density at radius 1 is 1.03 bits per heavy atom. The summed E-state index contributed by atoms with van der Waals surface area (Å²) in [4.78, 5) is 0.352. The van der Waals surface area contributed by atoms with Crippen LogP contribution >= 0.6 is 0 Å². The summed E-state index contributed by atoms with van der Waals surface area (Å²) >= 11 is 0. The van der Waals surface area contributed by atoms with Crippen molar-refractivity contribution in [2.24, 2.45) is 5.92 Å². The van der Waals surface area contributed by atoms with Crippen molar-refractivity contribution in [3.05, 3.63) is 71.4 Å². The van der Waals surface area contributed by atoms with E-state index < -0.39 is 10.0 Å². The maximum absolute atomic E-state index is 13.3. The monoisotopic (exact) mass is 410 g/mol. The molecule has 0 unspecified atom stereocenters. The number of hydrogen-bond acceptors (Lipinski definition) is 4. The number of nitrogens with zero attached hydrogens (tertiary/aromatic N) is 2. The lowest BCUT2D eigenvalue weighted by atomic mass is 9.91. The highest BCUT2D eigenvalue weighted by Crippen LogP contribution is 2.30.